The van der Waals surface area contributed by atoms with Crippen molar-refractivity contribution in [2.75, 3.05) is 36.5 Å². The van der Waals surface area contributed by atoms with Gasteiger partial charge in [-0.3, -0.25) is 0 Å². The quantitative estimate of drug-likeness (QED) is 0.762. The first kappa shape index (κ1) is 17.4. The van der Waals surface area contributed by atoms with E-state index in [4.69, 9.17) is 4.74 Å². The van der Waals surface area contributed by atoms with Gasteiger partial charge < -0.3 is 15.0 Å². The van der Waals surface area contributed by atoms with E-state index < -0.39 is 11.6 Å². The van der Waals surface area contributed by atoms with Crippen LogP contribution in [0.1, 0.15) is 5.56 Å². The summed E-state index contributed by atoms with van der Waals surface area (Å²) < 4.78 is 33.3. The first-order valence-corrected chi connectivity index (χ1v) is 8.67. The first-order chi connectivity index (χ1) is 13.1. The third-order valence-electron chi connectivity index (χ3n) is 4.35. The Morgan fingerprint density at radius 1 is 1.00 bits per heavy atom. The molecular formula is C19H19F2N5O. The van der Waals surface area contributed by atoms with Crippen molar-refractivity contribution in [2.24, 2.45) is 0 Å². The first-order valence-electron chi connectivity index (χ1n) is 8.67. The van der Waals surface area contributed by atoms with Crippen molar-refractivity contribution in [1.82, 2.24) is 14.8 Å². The van der Waals surface area contributed by atoms with Gasteiger partial charge in [0.05, 0.1) is 18.9 Å². The van der Waals surface area contributed by atoms with Crippen molar-refractivity contribution in [3.05, 3.63) is 59.9 Å². The number of aryl methyl sites for hydroxylation is 1. The molecule has 1 aromatic heterocycles. The lowest BCUT2D eigenvalue weighted by atomic mass is 10.1. The number of nitrogens with zero attached hydrogens (tertiary/aromatic N) is 4. The van der Waals surface area contributed by atoms with Crippen LogP contribution in [0.25, 0.3) is 5.69 Å². The largest absolute Gasteiger partial charge is 0.378 e. The van der Waals surface area contributed by atoms with E-state index >= 15 is 0 Å². The van der Waals surface area contributed by atoms with E-state index in [-0.39, 0.29) is 0 Å². The van der Waals surface area contributed by atoms with E-state index in [9.17, 15) is 8.78 Å². The number of anilines is 3. The summed E-state index contributed by atoms with van der Waals surface area (Å²) >= 11 is 0. The van der Waals surface area contributed by atoms with Crippen molar-refractivity contribution >= 4 is 17.3 Å². The number of nitrogens with one attached hydrogen (secondary N) is 1. The number of morpholine rings is 1. The molecule has 1 N–H and O–H groups in total. The topological polar surface area (TPSA) is 55.2 Å². The Bertz CT molecular complexity index is 953. The predicted molar refractivity (Wildman–Crippen MR) is 98.8 cm³/mol. The Morgan fingerprint density at radius 2 is 1.81 bits per heavy atom. The van der Waals surface area contributed by atoms with Crippen LogP contribution in [0.2, 0.25) is 0 Å². The van der Waals surface area contributed by atoms with Gasteiger partial charge in [0, 0.05) is 30.5 Å². The van der Waals surface area contributed by atoms with Gasteiger partial charge in [0.2, 0.25) is 5.95 Å². The minimum Gasteiger partial charge on any atom is -0.378 e. The van der Waals surface area contributed by atoms with E-state index in [2.05, 4.69) is 26.4 Å². The summed E-state index contributed by atoms with van der Waals surface area (Å²) in [5.41, 5.74) is 3.48. The molecule has 1 saturated heterocycles. The SMILES string of the molecule is Cc1cc(Nc2ncn(-c3ccc(F)c(F)c3)n2)cc(N2CCOCC2)c1. The van der Waals surface area contributed by atoms with Crippen molar-refractivity contribution < 1.29 is 13.5 Å². The van der Waals surface area contributed by atoms with E-state index in [0.29, 0.717) is 11.6 Å². The van der Waals surface area contributed by atoms with Crippen LogP contribution in [0.15, 0.2) is 42.7 Å². The number of hydrogen-bond donors (Lipinski definition) is 1. The summed E-state index contributed by atoms with van der Waals surface area (Å²) in [5.74, 6) is -1.45. The summed E-state index contributed by atoms with van der Waals surface area (Å²) in [4.78, 5) is 6.48. The highest BCUT2D eigenvalue weighted by Crippen LogP contribution is 2.25. The second-order valence-corrected chi connectivity index (χ2v) is 6.39. The lowest BCUT2D eigenvalue weighted by Gasteiger charge is -2.29. The van der Waals surface area contributed by atoms with Gasteiger partial charge in [0.15, 0.2) is 11.6 Å². The van der Waals surface area contributed by atoms with Gasteiger partial charge in [0.25, 0.3) is 0 Å². The molecule has 3 aromatic rings. The van der Waals surface area contributed by atoms with Gasteiger partial charge >= 0.3 is 0 Å². The number of hydrogen-bond acceptors (Lipinski definition) is 5. The van der Waals surface area contributed by atoms with Gasteiger partial charge in [-0.15, -0.1) is 5.10 Å². The molecule has 140 valence electrons. The molecule has 4 rings (SSSR count). The molecule has 0 amide bonds. The van der Waals surface area contributed by atoms with Gasteiger partial charge in [-0.05, 0) is 42.8 Å². The summed E-state index contributed by atoms with van der Waals surface area (Å²) in [7, 11) is 0. The van der Waals surface area contributed by atoms with Gasteiger partial charge in [-0.2, -0.15) is 4.98 Å². The van der Waals surface area contributed by atoms with Crippen LogP contribution in [0.3, 0.4) is 0 Å². The number of ether oxygens (including phenoxy) is 1. The highest BCUT2D eigenvalue weighted by atomic mass is 19.2. The fourth-order valence-corrected chi connectivity index (χ4v) is 3.04. The Kier molecular flexibility index (Phi) is 4.72. The molecule has 8 heteroatoms. The zero-order chi connectivity index (χ0) is 18.8. The number of aromatic nitrogens is 3. The second kappa shape index (κ2) is 7.32. The monoisotopic (exact) mass is 371 g/mol. The standard InChI is InChI=1S/C19H19F2N5O/c1-13-8-14(10-16(9-13)25-4-6-27-7-5-25)23-19-22-12-26(24-19)15-2-3-17(20)18(21)11-15/h2-3,8-12H,4-7H2,1H3,(H,23,24). The van der Waals surface area contributed by atoms with Crippen LogP contribution in [0, 0.1) is 18.6 Å². The molecule has 1 fully saturated rings. The average Bonchev–Trinajstić information content (AvgIpc) is 3.12. The molecule has 2 aromatic carbocycles. The van der Waals surface area contributed by atoms with Crippen LogP contribution in [0.4, 0.5) is 26.1 Å². The van der Waals surface area contributed by atoms with Crippen LogP contribution >= 0.6 is 0 Å². The second-order valence-electron chi connectivity index (χ2n) is 6.39. The normalized spacial score (nSPS) is 14.4. The van der Waals surface area contributed by atoms with Crippen LogP contribution in [-0.4, -0.2) is 41.1 Å². The molecule has 6 nitrogen and oxygen atoms in total. The maximum Gasteiger partial charge on any atom is 0.246 e. The van der Waals surface area contributed by atoms with E-state index in [1.54, 1.807) is 0 Å². The van der Waals surface area contributed by atoms with Crippen LogP contribution in [0.5, 0.6) is 0 Å². The van der Waals surface area contributed by atoms with Crippen molar-refractivity contribution in [3.8, 4) is 5.69 Å². The zero-order valence-corrected chi connectivity index (χ0v) is 14.8. The Labute approximate surface area is 155 Å². The Balaban J connectivity index is 1.55. The van der Waals surface area contributed by atoms with Crippen LogP contribution in [-0.2, 0) is 4.74 Å². The fraction of sp³-hybridized carbons (Fsp3) is 0.263. The molecule has 0 radical (unpaired) electrons. The Hall–Kier alpha value is -3.00. The average molecular weight is 371 g/mol. The van der Waals surface area contributed by atoms with Crippen molar-refractivity contribution in [2.45, 2.75) is 6.92 Å². The number of rotatable bonds is 4. The molecular weight excluding hydrogens is 352 g/mol. The van der Waals surface area contributed by atoms with Gasteiger partial charge in [-0.1, -0.05) is 0 Å². The molecule has 0 atom stereocenters. The summed E-state index contributed by atoms with van der Waals surface area (Å²) in [6.45, 7) is 5.17. The molecule has 1 aliphatic rings. The van der Waals surface area contributed by atoms with E-state index in [0.717, 1.165) is 55.4 Å². The minimum atomic E-state index is -0.925. The van der Waals surface area contributed by atoms with Crippen molar-refractivity contribution in [3.63, 3.8) is 0 Å². The maximum absolute atomic E-state index is 13.4. The number of benzene rings is 2. The van der Waals surface area contributed by atoms with Gasteiger partial charge in [-0.25, -0.2) is 13.5 Å². The lowest BCUT2D eigenvalue weighted by molar-refractivity contribution is 0.122. The summed E-state index contributed by atoms with van der Waals surface area (Å²) in [6.07, 6.45) is 1.45. The maximum atomic E-state index is 13.4. The Morgan fingerprint density at radius 3 is 2.59 bits per heavy atom. The van der Waals surface area contributed by atoms with Crippen molar-refractivity contribution in [1.29, 1.82) is 0 Å². The van der Waals surface area contributed by atoms with E-state index in [1.165, 1.54) is 17.1 Å². The summed E-state index contributed by atoms with van der Waals surface area (Å²) in [6, 6.07) is 9.76. The molecule has 0 unspecified atom stereocenters. The fourth-order valence-electron chi connectivity index (χ4n) is 3.04. The summed E-state index contributed by atoms with van der Waals surface area (Å²) in [5, 5.41) is 7.46. The van der Waals surface area contributed by atoms with Crippen LogP contribution < -0.4 is 10.2 Å². The zero-order valence-electron chi connectivity index (χ0n) is 14.8. The minimum absolute atomic E-state index is 0.373. The van der Waals surface area contributed by atoms with Gasteiger partial charge in [0.1, 0.15) is 6.33 Å². The lowest BCUT2D eigenvalue weighted by Crippen LogP contribution is -2.36. The smallest absolute Gasteiger partial charge is 0.246 e. The molecule has 0 bridgehead atoms. The predicted octanol–water partition coefficient (Wildman–Crippen LogP) is 3.43. The molecule has 0 aliphatic carbocycles. The highest BCUT2D eigenvalue weighted by Gasteiger charge is 2.13. The molecule has 2 heterocycles. The third kappa shape index (κ3) is 3.90. The van der Waals surface area contributed by atoms with E-state index in [1.807, 2.05) is 19.1 Å². The third-order valence-corrected chi connectivity index (χ3v) is 4.35. The molecule has 0 spiro atoms. The highest BCUT2D eigenvalue weighted by molar-refractivity contribution is 5.64. The molecule has 0 saturated carbocycles. The number of halogens is 2. The molecule has 27 heavy (non-hydrogen) atoms. The molecule has 1 aliphatic heterocycles.